The number of aromatic nitrogens is 2. The zero-order valence-corrected chi connectivity index (χ0v) is 15.4. The molecule has 0 N–H and O–H groups in total. The Labute approximate surface area is 157 Å². The first-order valence-corrected chi connectivity index (χ1v) is 9.01. The van der Waals surface area contributed by atoms with Crippen molar-refractivity contribution in [2.24, 2.45) is 0 Å². The number of aryl methyl sites for hydroxylation is 1. The fourth-order valence-electron chi connectivity index (χ4n) is 3.44. The molecule has 3 aromatic rings. The van der Waals surface area contributed by atoms with Crippen molar-refractivity contribution >= 4 is 5.91 Å². The molecule has 1 atom stereocenters. The zero-order chi connectivity index (χ0) is 18.8. The molecule has 0 saturated carbocycles. The third kappa shape index (κ3) is 3.43. The standard InChI is InChI=1S/C21H21N3O3/c1-14-5-3-6-16(13-14)21(25)24-12-4-7-18(24)20-22-19(23-27-20)15-8-10-17(26-2)11-9-15/h3,5-6,8-11,13,18H,4,7,12H2,1-2H3/t18-/m1/s1. The van der Waals surface area contributed by atoms with Crippen LogP contribution in [-0.4, -0.2) is 34.6 Å². The maximum Gasteiger partial charge on any atom is 0.254 e. The van der Waals surface area contributed by atoms with Gasteiger partial charge >= 0.3 is 0 Å². The summed E-state index contributed by atoms with van der Waals surface area (Å²) in [4.78, 5) is 19.3. The van der Waals surface area contributed by atoms with Crippen molar-refractivity contribution < 1.29 is 14.1 Å². The fraction of sp³-hybridized carbons (Fsp3) is 0.286. The van der Waals surface area contributed by atoms with Gasteiger partial charge in [-0.15, -0.1) is 0 Å². The number of nitrogens with zero attached hydrogens (tertiary/aromatic N) is 3. The van der Waals surface area contributed by atoms with E-state index in [0.29, 0.717) is 23.8 Å². The van der Waals surface area contributed by atoms with Crippen molar-refractivity contribution in [1.29, 1.82) is 0 Å². The fourth-order valence-corrected chi connectivity index (χ4v) is 3.44. The molecule has 2 aromatic carbocycles. The highest BCUT2D eigenvalue weighted by Gasteiger charge is 2.34. The molecule has 1 amide bonds. The van der Waals surface area contributed by atoms with Gasteiger partial charge in [0.05, 0.1) is 7.11 Å². The van der Waals surface area contributed by atoms with Crippen LogP contribution in [0, 0.1) is 6.92 Å². The van der Waals surface area contributed by atoms with Crippen LogP contribution in [0.5, 0.6) is 5.75 Å². The van der Waals surface area contributed by atoms with E-state index in [9.17, 15) is 4.79 Å². The van der Waals surface area contributed by atoms with E-state index in [0.717, 1.165) is 29.7 Å². The SMILES string of the molecule is COc1ccc(-c2noc([C@H]3CCCN3C(=O)c3cccc(C)c3)n2)cc1. The lowest BCUT2D eigenvalue weighted by Crippen LogP contribution is -2.30. The van der Waals surface area contributed by atoms with Crippen molar-refractivity contribution in [3.63, 3.8) is 0 Å². The number of amides is 1. The van der Waals surface area contributed by atoms with E-state index in [-0.39, 0.29) is 11.9 Å². The van der Waals surface area contributed by atoms with Crippen molar-refractivity contribution in [3.05, 3.63) is 65.5 Å². The molecule has 1 aliphatic heterocycles. The monoisotopic (exact) mass is 363 g/mol. The number of methoxy groups -OCH3 is 1. The number of carbonyl (C=O) groups excluding carboxylic acids is 1. The van der Waals surface area contributed by atoms with Gasteiger partial charge in [-0.3, -0.25) is 4.79 Å². The van der Waals surface area contributed by atoms with Gasteiger partial charge in [-0.05, 0) is 56.2 Å². The first-order valence-electron chi connectivity index (χ1n) is 9.01. The molecule has 27 heavy (non-hydrogen) atoms. The Kier molecular flexibility index (Phi) is 4.62. The van der Waals surface area contributed by atoms with E-state index in [1.165, 1.54) is 0 Å². The summed E-state index contributed by atoms with van der Waals surface area (Å²) < 4.78 is 10.7. The summed E-state index contributed by atoms with van der Waals surface area (Å²) in [5.41, 5.74) is 2.60. The van der Waals surface area contributed by atoms with Crippen LogP contribution in [0.3, 0.4) is 0 Å². The van der Waals surface area contributed by atoms with Crippen molar-refractivity contribution in [2.75, 3.05) is 13.7 Å². The van der Waals surface area contributed by atoms with Crippen molar-refractivity contribution in [1.82, 2.24) is 15.0 Å². The highest BCUT2D eigenvalue weighted by molar-refractivity contribution is 5.94. The quantitative estimate of drug-likeness (QED) is 0.700. The van der Waals surface area contributed by atoms with Crippen LogP contribution in [0.25, 0.3) is 11.4 Å². The molecule has 6 nitrogen and oxygen atoms in total. The molecule has 6 heteroatoms. The maximum atomic E-state index is 13.0. The first-order chi connectivity index (χ1) is 13.2. The lowest BCUT2D eigenvalue weighted by molar-refractivity contribution is 0.0710. The van der Waals surface area contributed by atoms with Crippen molar-refractivity contribution in [3.8, 4) is 17.1 Å². The summed E-state index contributed by atoms with van der Waals surface area (Å²) in [5, 5.41) is 4.10. The van der Waals surface area contributed by atoms with Crippen LogP contribution in [0.15, 0.2) is 53.1 Å². The van der Waals surface area contributed by atoms with Gasteiger partial charge in [-0.25, -0.2) is 0 Å². The minimum absolute atomic E-state index is 0.00500. The van der Waals surface area contributed by atoms with E-state index in [1.54, 1.807) is 7.11 Å². The number of carbonyl (C=O) groups is 1. The van der Waals surface area contributed by atoms with Crippen LogP contribution in [0.1, 0.15) is 40.7 Å². The molecule has 4 rings (SSSR count). The molecule has 0 bridgehead atoms. The Morgan fingerprint density at radius 1 is 1.22 bits per heavy atom. The van der Waals surface area contributed by atoms with Gasteiger partial charge in [-0.1, -0.05) is 22.9 Å². The first kappa shape index (κ1) is 17.3. The number of hydrogen-bond donors (Lipinski definition) is 0. The van der Waals surface area contributed by atoms with Gasteiger partial charge < -0.3 is 14.2 Å². The molecule has 138 valence electrons. The predicted octanol–water partition coefficient (Wildman–Crippen LogP) is 4.03. The average Bonchev–Trinajstić information content (AvgIpc) is 3.37. The van der Waals surface area contributed by atoms with Crippen LogP contribution in [0.2, 0.25) is 0 Å². The van der Waals surface area contributed by atoms with Crippen LogP contribution in [0.4, 0.5) is 0 Å². The Morgan fingerprint density at radius 2 is 2.04 bits per heavy atom. The summed E-state index contributed by atoms with van der Waals surface area (Å²) in [7, 11) is 1.63. The topological polar surface area (TPSA) is 68.5 Å². The summed E-state index contributed by atoms with van der Waals surface area (Å²) >= 11 is 0. The van der Waals surface area contributed by atoms with E-state index in [2.05, 4.69) is 10.1 Å². The van der Waals surface area contributed by atoms with Crippen LogP contribution < -0.4 is 4.74 Å². The Hall–Kier alpha value is -3.15. The zero-order valence-electron chi connectivity index (χ0n) is 15.4. The molecule has 1 aliphatic rings. The molecular weight excluding hydrogens is 342 g/mol. The minimum atomic E-state index is -0.183. The lowest BCUT2D eigenvalue weighted by Gasteiger charge is -2.22. The number of rotatable bonds is 4. The summed E-state index contributed by atoms with van der Waals surface area (Å²) in [6, 6.07) is 14.9. The molecule has 1 aromatic heterocycles. The normalized spacial score (nSPS) is 16.5. The Morgan fingerprint density at radius 3 is 2.78 bits per heavy atom. The molecule has 1 fully saturated rings. The molecule has 1 saturated heterocycles. The largest absolute Gasteiger partial charge is 0.497 e. The number of benzene rings is 2. The summed E-state index contributed by atoms with van der Waals surface area (Å²) in [6.07, 6.45) is 1.74. The van der Waals surface area contributed by atoms with Crippen molar-refractivity contribution in [2.45, 2.75) is 25.8 Å². The van der Waals surface area contributed by atoms with Gasteiger partial charge in [0.2, 0.25) is 11.7 Å². The molecular formula is C21H21N3O3. The average molecular weight is 363 g/mol. The third-order valence-corrected chi connectivity index (χ3v) is 4.85. The predicted molar refractivity (Wildman–Crippen MR) is 100 cm³/mol. The van der Waals surface area contributed by atoms with Gasteiger partial charge in [0.1, 0.15) is 11.8 Å². The molecule has 0 unspecified atom stereocenters. The van der Waals surface area contributed by atoms with E-state index in [4.69, 9.17) is 9.26 Å². The lowest BCUT2D eigenvalue weighted by atomic mass is 10.1. The second kappa shape index (κ2) is 7.23. The van der Waals surface area contributed by atoms with Crippen LogP contribution >= 0.6 is 0 Å². The second-order valence-electron chi connectivity index (χ2n) is 6.71. The molecule has 0 aliphatic carbocycles. The molecule has 0 spiro atoms. The number of likely N-dealkylation sites (tertiary alicyclic amines) is 1. The van der Waals surface area contributed by atoms with E-state index < -0.39 is 0 Å². The van der Waals surface area contributed by atoms with Gasteiger partial charge in [0, 0.05) is 17.7 Å². The van der Waals surface area contributed by atoms with Crippen LogP contribution in [-0.2, 0) is 0 Å². The summed E-state index contributed by atoms with van der Waals surface area (Å²) in [5.74, 6) is 1.78. The molecule has 0 radical (unpaired) electrons. The summed E-state index contributed by atoms with van der Waals surface area (Å²) in [6.45, 7) is 2.68. The van der Waals surface area contributed by atoms with Gasteiger partial charge in [0.15, 0.2) is 0 Å². The van der Waals surface area contributed by atoms with E-state index in [1.807, 2.05) is 60.4 Å². The Bertz CT molecular complexity index is 949. The minimum Gasteiger partial charge on any atom is -0.497 e. The number of ether oxygens (including phenoxy) is 1. The van der Waals surface area contributed by atoms with Gasteiger partial charge in [0.25, 0.3) is 5.91 Å². The van der Waals surface area contributed by atoms with Gasteiger partial charge in [-0.2, -0.15) is 4.98 Å². The Balaban J connectivity index is 1.57. The molecule has 2 heterocycles. The smallest absolute Gasteiger partial charge is 0.254 e. The maximum absolute atomic E-state index is 13.0. The third-order valence-electron chi connectivity index (χ3n) is 4.85. The second-order valence-corrected chi connectivity index (χ2v) is 6.71. The highest BCUT2D eigenvalue weighted by Crippen LogP contribution is 2.33. The highest BCUT2D eigenvalue weighted by atomic mass is 16.5. The number of hydrogen-bond acceptors (Lipinski definition) is 5. The van der Waals surface area contributed by atoms with E-state index >= 15 is 0 Å².